The summed E-state index contributed by atoms with van der Waals surface area (Å²) in [7, 11) is 0. The van der Waals surface area contributed by atoms with Crippen molar-refractivity contribution < 1.29 is 30.0 Å². The van der Waals surface area contributed by atoms with Crippen molar-refractivity contribution in [2.45, 2.75) is 37.1 Å². The van der Waals surface area contributed by atoms with Gasteiger partial charge in [-0.15, -0.1) is 0 Å². The molecule has 0 aliphatic heterocycles. The molecule has 0 saturated carbocycles. The SMILES string of the molecule is O=C1C=CC(O)(CCCCOc2ccccc2)C1=CC=C[C@@H](O)[C@H](O)CO. The van der Waals surface area contributed by atoms with E-state index < -0.39 is 24.4 Å². The topological polar surface area (TPSA) is 107 Å². The second kappa shape index (κ2) is 10.2. The highest BCUT2D eigenvalue weighted by Crippen LogP contribution is 2.31. The Kier molecular flexibility index (Phi) is 7.94. The third-order valence-electron chi connectivity index (χ3n) is 4.36. The molecule has 27 heavy (non-hydrogen) atoms. The third kappa shape index (κ3) is 6.15. The molecule has 1 unspecified atom stereocenters. The van der Waals surface area contributed by atoms with Crippen LogP contribution in [0.15, 0.2) is 66.3 Å². The largest absolute Gasteiger partial charge is 0.494 e. The molecular weight excluding hydrogens is 348 g/mol. The summed E-state index contributed by atoms with van der Waals surface area (Å²) >= 11 is 0. The van der Waals surface area contributed by atoms with E-state index in [1.807, 2.05) is 30.3 Å². The van der Waals surface area contributed by atoms with Crippen LogP contribution in [0.5, 0.6) is 5.75 Å². The molecule has 4 N–H and O–H groups in total. The minimum Gasteiger partial charge on any atom is -0.494 e. The summed E-state index contributed by atoms with van der Waals surface area (Å²) in [4.78, 5) is 12.0. The lowest BCUT2D eigenvalue weighted by molar-refractivity contribution is -0.112. The normalized spacial score (nSPS) is 23.3. The van der Waals surface area contributed by atoms with Crippen molar-refractivity contribution in [3.05, 3.63) is 66.3 Å². The number of hydrogen-bond acceptors (Lipinski definition) is 6. The second-order valence-electron chi connectivity index (χ2n) is 6.45. The number of allylic oxidation sites excluding steroid dienone is 3. The molecule has 2 rings (SSSR count). The maximum atomic E-state index is 12.0. The second-order valence-corrected chi connectivity index (χ2v) is 6.45. The first-order valence-electron chi connectivity index (χ1n) is 8.96. The monoisotopic (exact) mass is 374 g/mol. The molecule has 1 aliphatic rings. The first kappa shape index (κ1) is 21.1. The van der Waals surface area contributed by atoms with E-state index in [0.717, 1.165) is 12.2 Å². The highest BCUT2D eigenvalue weighted by atomic mass is 16.5. The van der Waals surface area contributed by atoms with Crippen LogP contribution in [0.25, 0.3) is 0 Å². The lowest BCUT2D eigenvalue weighted by Crippen LogP contribution is -2.28. The summed E-state index contributed by atoms with van der Waals surface area (Å²) in [6.07, 6.45) is 6.11. The van der Waals surface area contributed by atoms with Gasteiger partial charge in [0.2, 0.25) is 0 Å². The number of hydrogen-bond donors (Lipinski definition) is 4. The number of unbranched alkanes of at least 4 members (excludes halogenated alkanes) is 1. The quantitative estimate of drug-likeness (QED) is 0.363. The average Bonchev–Trinajstić information content (AvgIpc) is 2.96. The van der Waals surface area contributed by atoms with Crippen LogP contribution in [-0.2, 0) is 4.79 Å². The summed E-state index contributed by atoms with van der Waals surface area (Å²) in [5, 5.41) is 38.4. The molecule has 0 fully saturated rings. The summed E-state index contributed by atoms with van der Waals surface area (Å²) < 4.78 is 5.61. The number of ketones is 1. The van der Waals surface area contributed by atoms with Gasteiger partial charge >= 0.3 is 0 Å². The van der Waals surface area contributed by atoms with Gasteiger partial charge in [-0.3, -0.25) is 4.79 Å². The van der Waals surface area contributed by atoms with Gasteiger partial charge in [-0.1, -0.05) is 36.4 Å². The van der Waals surface area contributed by atoms with Crippen LogP contribution in [0, 0.1) is 0 Å². The molecule has 6 nitrogen and oxygen atoms in total. The molecule has 1 aromatic rings. The fourth-order valence-corrected chi connectivity index (χ4v) is 2.76. The van der Waals surface area contributed by atoms with Gasteiger partial charge < -0.3 is 25.2 Å². The van der Waals surface area contributed by atoms with E-state index in [9.17, 15) is 20.1 Å². The van der Waals surface area contributed by atoms with Crippen molar-refractivity contribution in [1.82, 2.24) is 0 Å². The predicted octanol–water partition coefficient (Wildman–Crippen LogP) is 1.30. The number of para-hydroxylation sites is 1. The number of carbonyl (C=O) groups excluding carboxylic acids is 1. The molecule has 6 heteroatoms. The van der Waals surface area contributed by atoms with Gasteiger partial charge in [0.1, 0.15) is 23.6 Å². The third-order valence-corrected chi connectivity index (χ3v) is 4.36. The van der Waals surface area contributed by atoms with Crippen LogP contribution in [0.3, 0.4) is 0 Å². The van der Waals surface area contributed by atoms with Crippen molar-refractivity contribution in [2.24, 2.45) is 0 Å². The Balaban J connectivity index is 1.86. The number of ether oxygens (including phenoxy) is 1. The summed E-state index contributed by atoms with van der Waals surface area (Å²) in [5.41, 5.74) is -1.14. The summed E-state index contributed by atoms with van der Waals surface area (Å²) in [5.74, 6) is 0.501. The predicted molar refractivity (Wildman–Crippen MR) is 101 cm³/mol. The Hall–Kier alpha value is -2.25. The molecule has 0 heterocycles. The van der Waals surface area contributed by atoms with Gasteiger partial charge in [-0.25, -0.2) is 0 Å². The van der Waals surface area contributed by atoms with Crippen LogP contribution < -0.4 is 4.74 Å². The first-order valence-corrected chi connectivity index (χ1v) is 8.96. The van der Waals surface area contributed by atoms with Crippen LogP contribution in [0.1, 0.15) is 19.3 Å². The van der Waals surface area contributed by atoms with E-state index in [1.165, 1.54) is 30.4 Å². The molecule has 0 amide bonds. The van der Waals surface area contributed by atoms with E-state index in [2.05, 4.69) is 0 Å². The molecular formula is C21H26O6. The molecule has 0 saturated heterocycles. The molecule has 146 valence electrons. The maximum Gasteiger partial charge on any atom is 0.184 e. The Morgan fingerprint density at radius 1 is 1.15 bits per heavy atom. The fraction of sp³-hybridized carbons (Fsp3) is 0.381. The molecule has 0 spiro atoms. The molecule has 1 aromatic carbocycles. The van der Waals surface area contributed by atoms with E-state index in [1.54, 1.807) is 0 Å². The number of aliphatic hydroxyl groups excluding tert-OH is 3. The van der Waals surface area contributed by atoms with Gasteiger partial charge in [-0.2, -0.15) is 0 Å². The Labute approximate surface area is 158 Å². The summed E-state index contributed by atoms with van der Waals surface area (Å²) in [6, 6.07) is 9.46. The standard InChI is InChI=1S/C21H26O6/c22-15-20(25)19(24)10-6-9-17-18(23)11-13-21(17,26)12-4-5-14-27-16-7-2-1-3-8-16/h1-3,6-11,13,19-20,22,24-26H,4-5,12,14-15H2/t19-,20-,21?/m1/s1. The number of rotatable bonds is 10. The van der Waals surface area contributed by atoms with Gasteiger partial charge in [-0.05, 0) is 43.5 Å². The van der Waals surface area contributed by atoms with Crippen molar-refractivity contribution in [3.8, 4) is 5.75 Å². The summed E-state index contributed by atoms with van der Waals surface area (Å²) in [6.45, 7) is -0.0561. The van der Waals surface area contributed by atoms with Crippen molar-refractivity contribution in [1.29, 1.82) is 0 Å². The smallest absolute Gasteiger partial charge is 0.184 e. The molecule has 3 atom stereocenters. The Morgan fingerprint density at radius 3 is 2.59 bits per heavy atom. The molecule has 0 bridgehead atoms. The van der Waals surface area contributed by atoms with E-state index in [0.29, 0.717) is 19.4 Å². The minimum atomic E-state index is -1.35. The number of aliphatic hydroxyl groups is 4. The minimum absolute atomic E-state index is 0.216. The lowest BCUT2D eigenvalue weighted by Gasteiger charge is -2.22. The highest BCUT2D eigenvalue weighted by molar-refractivity contribution is 6.09. The van der Waals surface area contributed by atoms with Crippen LogP contribution in [0.4, 0.5) is 0 Å². The molecule has 1 aliphatic carbocycles. The highest BCUT2D eigenvalue weighted by Gasteiger charge is 2.36. The first-order chi connectivity index (χ1) is 13.0. The average molecular weight is 374 g/mol. The van der Waals surface area contributed by atoms with Gasteiger partial charge in [0.05, 0.1) is 13.2 Å². The van der Waals surface area contributed by atoms with Gasteiger partial charge in [0, 0.05) is 5.57 Å². The van der Waals surface area contributed by atoms with Crippen molar-refractivity contribution in [2.75, 3.05) is 13.2 Å². The number of carbonyl (C=O) groups is 1. The van der Waals surface area contributed by atoms with Crippen molar-refractivity contribution in [3.63, 3.8) is 0 Å². The van der Waals surface area contributed by atoms with Gasteiger partial charge in [0.25, 0.3) is 0 Å². The molecule has 0 aromatic heterocycles. The zero-order chi connectivity index (χ0) is 19.7. The van der Waals surface area contributed by atoms with E-state index in [4.69, 9.17) is 9.84 Å². The van der Waals surface area contributed by atoms with Crippen LogP contribution >= 0.6 is 0 Å². The van der Waals surface area contributed by atoms with Crippen LogP contribution in [-0.4, -0.2) is 57.2 Å². The van der Waals surface area contributed by atoms with Crippen molar-refractivity contribution >= 4 is 5.78 Å². The maximum absolute atomic E-state index is 12.0. The zero-order valence-corrected chi connectivity index (χ0v) is 15.1. The molecule has 0 radical (unpaired) electrons. The van der Waals surface area contributed by atoms with E-state index in [-0.39, 0.29) is 11.4 Å². The fourth-order valence-electron chi connectivity index (χ4n) is 2.76. The van der Waals surface area contributed by atoms with Crippen LogP contribution in [0.2, 0.25) is 0 Å². The van der Waals surface area contributed by atoms with Gasteiger partial charge in [0.15, 0.2) is 5.78 Å². The van der Waals surface area contributed by atoms with E-state index >= 15 is 0 Å². The Morgan fingerprint density at radius 2 is 1.89 bits per heavy atom. The Bertz CT molecular complexity index is 694. The lowest BCUT2D eigenvalue weighted by atomic mass is 9.90. The number of benzene rings is 1. The zero-order valence-electron chi connectivity index (χ0n) is 15.1.